The maximum absolute atomic E-state index is 12.4. The van der Waals surface area contributed by atoms with Crippen LogP contribution in [0.2, 0.25) is 5.02 Å². The van der Waals surface area contributed by atoms with Crippen LogP contribution >= 0.6 is 46.4 Å². The minimum absolute atomic E-state index is 0.165. The fourth-order valence-corrected chi connectivity index (χ4v) is 3.38. The number of hydrogen-bond acceptors (Lipinski definition) is 2. The monoisotopic (exact) mass is 408 g/mol. The van der Waals surface area contributed by atoms with Crippen LogP contribution in [0.3, 0.4) is 0 Å². The number of rotatable bonds is 3. The minimum Gasteiger partial charge on any atom is -0.391 e. The first-order chi connectivity index (χ1) is 8.94. The maximum Gasteiger partial charge on any atom is 0.253 e. The van der Waals surface area contributed by atoms with Crippen LogP contribution in [-0.2, 0) is 0 Å². The fraction of sp³-hybridized carbons (Fsp3) is 0.385. The van der Waals surface area contributed by atoms with Crippen LogP contribution < -0.4 is 11.1 Å². The standard InChI is InChI=1S/C13H14ClIN2OS/c14-8-3-4-10(15)9(7-8)11(18)17-13(12(16)19)5-1-2-6-13/h3-4,7H,1-2,5-6H2,(H2,16,19)(H,17,18). The highest BCUT2D eigenvalue weighted by Gasteiger charge is 2.38. The quantitative estimate of drug-likeness (QED) is 0.596. The Morgan fingerprint density at radius 2 is 2.05 bits per heavy atom. The van der Waals surface area contributed by atoms with Gasteiger partial charge < -0.3 is 11.1 Å². The summed E-state index contributed by atoms with van der Waals surface area (Å²) in [5.41, 5.74) is 5.85. The van der Waals surface area contributed by atoms with Gasteiger partial charge >= 0.3 is 0 Å². The van der Waals surface area contributed by atoms with E-state index in [0.717, 1.165) is 29.3 Å². The molecule has 6 heteroatoms. The van der Waals surface area contributed by atoms with Crippen molar-refractivity contribution in [3.8, 4) is 0 Å². The molecule has 0 bridgehead atoms. The molecule has 0 radical (unpaired) electrons. The van der Waals surface area contributed by atoms with Crippen molar-refractivity contribution >= 4 is 57.3 Å². The van der Waals surface area contributed by atoms with E-state index < -0.39 is 5.54 Å². The average molecular weight is 409 g/mol. The number of carbonyl (C=O) groups excluding carboxylic acids is 1. The lowest BCUT2D eigenvalue weighted by Gasteiger charge is -2.29. The van der Waals surface area contributed by atoms with Crippen molar-refractivity contribution in [2.24, 2.45) is 5.73 Å². The first-order valence-corrected chi connectivity index (χ1v) is 7.88. The molecule has 0 atom stereocenters. The highest BCUT2D eigenvalue weighted by molar-refractivity contribution is 14.1. The summed E-state index contributed by atoms with van der Waals surface area (Å²) in [4.78, 5) is 12.8. The fourth-order valence-electron chi connectivity index (χ4n) is 2.37. The Labute approximate surface area is 136 Å². The Morgan fingerprint density at radius 1 is 1.42 bits per heavy atom. The van der Waals surface area contributed by atoms with E-state index in [1.54, 1.807) is 12.1 Å². The molecule has 0 spiro atoms. The molecule has 1 aliphatic carbocycles. The van der Waals surface area contributed by atoms with Crippen LogP contribution in [0.15, 0.2) is 18.2 Å². The Kier molecular flexibility index (Phi) is 4.68. The largest absolute Gasteiger partial charge is 0.391 e. The Balaban J connectivity index is 2.25. The predicted octanol–water partition coefficient (Wildman–Crippen LogP) is 3.27. The van der Waals surface area contributed by atoms with Crippen molar-refractivity contribution in [1.29, 1.82) is 0 Å². The summed E-state index contributed by atoms with van der Waals surface area (Å²) in [6, 6.07) is 5.25. The number of thiocarbonyl (C=S) groups is 1. The molecule has 1 aliphatic rings. The van der Waals surface area contributed by atoms with Crippen molar-refractivity contribution in [1.82, 2.24) is 5.32 Å². The third-order valence-electron chi connectivity index (χ3n) is 3.45. The van der Waals surface area contributed by atoms with Crippen LogP contribution in [0, 0.1) is 3.57 Å². The van der Waals surface area contributed by atoms with Crippen molar-refractivity contribution in [3.05, 3.63) is 32.4 Å². The van der Waals surface area contributed by atoms with Gasteiger partial charge in [0.25, 0.3) is 5.91 Å². The van der Waals surface area contributed by atoms with Crippen LogP contribution in [0.5, 0.6) is 0 Å². The van der Waals surface area contributed by atoms with Gasteiger partial charge in [-0.15, -0.1) is 0 Å². The molecular weight excluding hydrogens is 395 g/mol. The lowest BCUT2D eigenvalue weighted by Crippen LogP contribution is -2.54. The second kappa shape index (κ2) is 5.93. The number of carbonyl (C=O) groups is 1. The summed E-state index contributed by atoms with van der Waals surface area (Å²) in [5, 5.41) is 3.55. The number of hydrogen-bond donors (Lipinski definition) is 2. The first-order valence-electron chi connectivity index (χ1n) is 6.02. The van der Waals surface area contributed by atoms with Gasteiger partial charge in [0.15, 0.2) is 0 Å². The zero-order chi connectivity index (χ0) is 14.0. The van der Waals surface area contributed by atoms with Crippen molar-refractivity contribution in [2.75, 3.05) is 0 Å². The number of amides is 1. The third kappa shape index (κ3) is 3.20. The predicted molar refractivity (Wildman–Crippen MR) is 89.6 cm³/mol. The van der Waals surface area contributed by atoms with E-state index in [9.17, 15) is 4.79 Å². The van der Waals surface area contributed by atoms with Crippen molar-refractivity contribution in [2.45, 2.75) is 31.2 Å². The first kappa shape index (κ1) is 15.0. The van der Waals surface area contributed by atoms with E-state index in [2.05, 4.69) is 27.9 Å². The molecule has 0 heterocycles. The summed E-state index contributed by atoms with van der Waals surface area (Å²) in [7, 11) is 0. The molecule has 1 aromatic carbocycles. The zero-order valence-electron chi connectivity index (χ0n) is 10.2. The minimum atomic E-state index is -0.530. The van der Waals surface area contributed by atoms with Gasteiger partial charge in [-0.3, -0.25) is 4.79 Å². The van der Waals surface area contributed by atoms with Crippen molar-refractivity contribution < 1.29 is 4.79 Å². The number of halogens is 2. The summed E-state index contributed by atoms with van der Waals surface area (Å²) >= 11 is 13.2. The van der Waals surface area contributed by atoms with Gasteiger partial charge in [-0.05, 0) is 53.6 Å². The van der Waals surface area contributed by atoms with E-state index in [1.807, 2.05) is 6.07 Å². The van der Waals surface area contributed by atoms with Crippen LogP contribution in [0.25, 0.3) is 0 Å². The van der Waals surface area contributed by atoms with Gasteiger partial charge in [-0.2, -0.15) is 0 Å². The summed E-state index contributed by atoms with van der Waals surface area (Å²) in [6.07, 6.45) is 3.69. The van der Waals surface area contributed by atoms with Gasteiger partial charge in [0.2, 0.25) is 0 Å². The summed E-state index contributed by atoms with van der Waals surface area (Å²) < 4.78 is 0.857. The Hall–Kier alpha value is -0.400. The van der Waals surface area contributed by atoms with Crippen molar-refractivity contribution in [3.63, 3.8) is 0 Å². The van der Waals surface area contributed by atoms with Gasteiger partial charge in [0, 0.05) is 8.59 Å². The number of nitrogens with two attached hydrogens (primary N) is 1. The molecule has 1 amide bonds. The molecule has 0 saturated heterocycles. The lowest BCUT2D eigenvalue weighted by molar-refractivity contribution is 0.0923. The number of benzene rings is 1. The smallest absolute Gasteiger partial charge is 0.253 e. The molecule has 1 saturated carbocycles. The average Bonchev–Trinajstić information content (AvgIpc) is 2.82. The van der Waals surface area contributed by atoms with Crippen LogP contribution in [0.4, 0.5) is 0 Å². The third-order valence-corrected chi connectivity index (χ3v) is 5.02. The second-order valence-corrected chi connectivity index (χ2v) is 6.77. The van der Waals surface area contributed by atoms with Crippen LogP contribution in [0.1, 0.15) is 36.0 Å². The highest BCUT2D eigenvalue weighted by Crippen LogP contribution is 2.30. The molecule has 1 fully saturated rings. The molecule has 102 valence electrons. The van der Waals surface area contributed by atoms with E-state index in [-0.39, 0.29) is 5.91 Å². The molecule has 3 N–H and O–H groups in total. The summed E-state index contributed by atoms with van der Waals surface area (Å²) in [5.74, 6) is -0.165. The molecule has 19 heavy (non-hydrogen) atoms. The molecule has 1 aromatic rings. The lowest BCUT2D eigenvalue weighted by atomic mass is 9.97. The normalized spacial score (nSPS) is 17.2. The Bertz CT molecular complexity index is 529. The molecule has 0 aromatic heterocycles. The van der Waals surface area contributed by atoms with Crippen LogP contribution in [-0.4, -0.2) is 16.4 Å². The topological polar surface area (TPSA) is 55.1 Å². The van der Waals surface area contributed by atoms with E-state index in [4.69, 9.17) is 29.6 Å². The molecule has 0 unspecified atom stereocenters. The van der Waals surface area contributed by atoms with Gasteiger partial charge in [-0.1, -0.05) is 36.7 Å². The molecule has 3 nitrogen and oxygen atoms in total. The van der Waals surface area contributed by atoms with Gasteiger partial charge in [-0.25, -0.2) is 0 Å². The zero-order valence-corrected chi connectivity index (χ0v) is 13.9. The SMILES string of the molecule is NC(=S)C1(NC(=O)c2cc(Cl)ccc2I)CCCC1. The molecule has 2 rings (SSSR count). The molecular formula is C13H14ClIN2OS. The van der Waals surface area contributed by atoms with Gasteiger partial charge in [0.05, 0.1) is 16.1 Å². The van der Waals surface area contributed by atoms with E-state index >= 15 is 0 Å². The summed E-state index contributed by atoms with van der Waals surface area (Å²) in [6.45, 7) is 0. The number of nitrogens with one attached hydrogen (secondary N) is 1. The Morgan fingerprint density at radius 3 is 2.63 bits per heavy atom. The highest BCUT2D eigenvalue weighted by atomic mass is 127. The second-order valence-electron chi connectivity index (χ2n) is 4.73. The molecule has 0 aliphatic heterocycles. The van der Waals surface area contributed by atoms with Gasteiger partial charge in [0.1, 0.15) is 0 Å². The van der Waals surface area contributed by atoms with E-state index in [0.29, 0.717) is 15.6 Å². The van der Waals surface area contributed by atoms with E-state index in [1.165, 1.54) is 0 Å². The maximum atomic E-state index is 12.4.